The van der Waals surface area contributed by atoms with Crippen LogP contribution in [-0.4, -0.2) is 34.7 Å². The van der Waals surface area contributed by atoms with E-state index in [9.17, 15) is 9.59 Å². The standard InChI is InChI=1S/C25H26Cl2N2O4/c26-19-5-7-21(8-6-19)33-12-11-29-10-9-18-13-20(27)14-22(23(18)29)24(30)28-15-16-1-3-17(4-2-16)25(31)32/h5-10,13-14,16-17H,1-4,11-12,15H2,(H,28,30)(H,31,32)/t16-,17-. The molecule has 6 nitrogen and oxygen atoms in total. The van der Waals surface area contributed by atoms with Gasteiger partial charge in [0.15, 0.2) is 0 Å². The van der Waals surface area contributed by atoms with E-state index in [4.69, 9.17) is 33.0 Å². The first-order valence-electron chi connectivity index (χ1n) is 11.1. The van der Waals surface area contributed by atoms with Gasteiger partial charge in [0.05, 0.1) is 23.5 Å². The van der Waals surface area contributed by atoms with Crippen LogP contribution in [0.2, 0.25) is 10.0 Å². The first-order valence-corrected chi connectivity index (χ1v) is 11.8. The summed E-state index contributed by atoms with van der Waals surface area (Å²) in [5.41, 5.74) is 1.33. The highest BCUT2D eigenvalue weighted by molar-refractivity contribution is 6.32. The van der Waals surface area contributed by atoms with E-state index in [1.54, 1.807) is 18.2 Å². The predicted molar refractivity (Wildman–Crippen MR) is 129 cm³/mol. The number of halogens is 2. The van der Waals surface area contributed by atoms with E-state index in [1.807, 2.05) is 35.0 Å². The van der Waals surface area contributed by atoms with E-state index in [1.165, 1.54) is 0 Å². The number of ether oxygens (including phenoxy) is 1. The molecule has 1 saturated carbocycles. The molecule has 1 fully saturated rings. The maximum absolute atomic E-state index is 13.1. The van der Waals surface area contributed by atoms with Crippen molar-refractivity contribution in [3.8, 4) is 5.75 Å². The zero-order chi connectivity index (χ0) is 23.4. The average Bonchev–Trinajstić information content (AvgIpc) is 3.21. The van der Waals surface area contributed by atoms with Gasteiger partial charge in [0.25, 0.3) is 5.91 Å². The zero-order valence-corrected chi connectivity index (χ0v) is 19.6. The van der Waals surface area contributed by atoms with Crippen LogP contribution in [0.25, 0.3) is 10.9 Å². The second-order valence-corrected chi connectivity index (χ2v) is 9.34. The molecule has 2 aromatic carbocycles. The molecule has 1 aliphatic rings. The molecule has 2 N–H and O–H groups in total. The van der Waals surface area contributed by atoms with Gasteiger partial charge in [-0.2, -0.15) is 0 Å². The van der Waals surface area contributed by atoms with E-state index in [-0.39, 0.29) is 11.8 Å². The molecule has 1 aromatic heterocycles. The largest absolute Gasteiger partial charge is 0.492 e. The minimum Gasteiger partial charge on any atom is -0.492 e. The van der Waals surface area contributed by atoms with Crippen LogP contribution in [0.3, 0.4) is 0 Å². The molecule has 0 radical (unpaired) electrons. The van der Waals surface area contributed by atoms with Crippen LogP contribution in [0.1, 0.15) is 36.0 Å². The number of fused-ring (bicyclic) bond motifs is 1. The number of carbonyl (C=O) groups is 2. The second kappa shape index (κ2) is 10.5. The fourth-order valence-electron chi connectivity index (χ4n) is 4.41. The highest BCUT2D eigenvalue weighted by Crippen LogP contribution is 2.29. The number of aromatic nitrogens is 1. The summed E-state index contributed by atoms with van der Waals surface area (Å²) in [4.78, 5) is 24.2. The number of carboxylic acids is 1. The Kier molecular flexibility index (Phi) is 7.46. The minimum absolute atomic E-state index is 0.179. The molecular formula is C25H26Cl2N2O4. The normalized spacial score (nSPS) is 18.2. The summed E-state index contributed by atoms with van der Waals surface area (Å²) >= 11 is 12.2. The van der Waals surface area contributed by atoms with E-state index < -0.39 is 5.97 Å². The number of hydrogen-bond donors (Lipinski definition) is 2. The summed E-state index contributed by atoms with van der Waals surface area (Å²) in [5.74, 6) is -0.141. The van der Waals surface area contributed by atoms with Crippen molar-refractivity contribution in [3.05, 3.63) is 64.3 Å². The Balaban J connectivity index is 1.42. The number of amides is 1. The van der Waals surface area contributed by atoms with Gasteiger partial charge < -0.3 is 19.7 Å². The van der Waals surface area contributed by atoms with Gasteiger partial charge in [-0.05, 0) is 74.1 Å². The fraction of sp³-hybridized carbons (Fsp3) is 0.360. The fourth-order valence-corrected chi connectivity index (χ4v) is 4.76. The van der Waals surface area contributed by atoms with Gasteiger partial charge in [-0.25, -0.2) is 0 Å². The van der Waals surface area contributed by atoms with Crippen molar-refractivity contribution in [2.24, 2.45) is 11.8 Å². The van der Waals surface area contributed by atoms with Crippen molar-refractivity contribution in [3.63, 3.8) is 0 Å². The number of carboxylic acid groups (broad SMARTS) is 1. The number of carbonyl (C=O) groups excluding carboxylic acids is 1. The van der Waals surface area contributed by atoms with Gasteiger partial charge in [-0.3, -0.25) is 9.59 Å². The lowest BCUT2D eigenvalue weighted by Crippen LogP contribution is -2.32. The van der Waals surface area contributed by atoms with Crippen molar-refractivity contribution >= 4 is 46.0 Å². The number of rotatable bonds is 8. The Morgan fingerprint density at radius 2 is 1.76 bits per heavy atom. The molecule has 0 bridgehead atoms. The van der Waals surface area contributed by atoms with Crippen LogP contribution in [0.15, 0.2) is 48.7 Å². The van der Waals surface area contributed by atoms with Crippen LogP contribution in [0, 0.1) is 11.8 Å². The maximum Gasteiger partial charge on any atom is 0.306 e. The number of aliphatic carboxylic acids is 1. The second-order valence-electron chi connectivity index (χ2n) is 8.47. The Morgan fingerprint density at radius 3 is 2.45 bits per heavy atom. The van der Waals surface area contributed by atoms with Crippen molar-refractivity contribution in [2.45, 2.75) is 32.2 Å². The molecule has 33 heavy (non-hydrogen) atoms. The van der Waals surface area contributed by atoms with Crippen molar-refractivity contribution in [1.29, 1.82) is 0 Å². The molecule has 8 heteroatoms. The molecule has 0 unspecified atom stereocenters. The van der Waals surface area contributed by atoms with Gasteiger partial charge in [-0.1, -0.05) is 23.2 Å². The van der Waals surface area contributed by atoms with Crippen LogP contribution in [0.5, 0.6) is 5.75 Å². The molecular weight excluding hydrogens is 463 g/mol. The zero-order valence-electron chi connectivity index (χ0n) is 18.1. The highest BCUT2D eigenvalue weighted by Gasteiger charge is 2.26. The van der Waals surface area contributed by atoms with Gasteiger partial charge >= 0.3 is 5.97 Å². The Hall–Kier alpha value is -2.70. The van der Waals surface area contributed by atoms with Gasteiger partial charge in [0.2, 0.25) is 0 Å². The first-order chi connectivity index (χ1) is 15.9. The van der Waals surface area contributed by atoms with Crippen LogP contribution in [0.4, 0.5) is 0 Å². The van der Waals surface area contributed by atoms with E-state index in [2.05, 4.69) is 5.32 Å². The average molecular weight is 489 g/mol. The van der Waals surface area contributed by atoms with Crippen molar-refractivity contribution in [2.75, 3.05) is 13.2 Å². The molecule has 3 aromatic rings. The van der Waals surface area contributed by atoms with Crippen molar-refractivity contribution < 1.29 is 19.4 Å². The Morgan fingerprint density at radius 1 is 1.03 bits per heavy atom. The first kappa shape index (κ1) is 23.5. The SMILES string of the molecule is O=C(NC[C@H]1CC[C@H](C(=O)O)CC1)c1cc(Cl)cc2ccn(CCOc3ccc(Cl)cc3)c12. The third kappa shape index (κ3) is 5.81. The topological polar surface area (TPSA) is 80.6 Å². The molecule has 0 saturated heterocycles. The maximum atomic E-state index is 13.1. The van der Waals surface area contributed by atoms with Crippen LogP contribution in [-0.2, 0) is 11.3 Å². The Labute approximate surface area is 202 Å². The van der Waals surface area contributed by atoms with Gasteiger partial charge in [-0.15, -0.1) is 0 Å². The molecule has 4 rings (SSSR count). The molecule has 0 aliphatic heterocycles. The summed E-state index contributed by atoms with van der Waals surface area (Å²) in [5, 5.41) is 14.2. The van der Waals surface area contributed by atoms with Crippen LogP contribution < -0.4 is 10.1 Å². The van der Waals surface area contributed by atoms with E-state index in [0.29, 0.717) is 54.1 Å². The molecule has 174 valence electrons. The Bertz CT molecular complexity index is 1140. The number of benzene rings is 2. The summed E-state index contributed by atoms with van der Waals surface area (Å²) in [7, 11) is 0. The number of nitrogens with one attached hydrogen (secondary N) is 1. The summed E-state index contributed by atoms with van der Waals surface area (Å²) < 4.78 is 7.81. The summed E-state index contributed by atoms with van der Waals surface area (Å²) in [6.45, 7) is 1.52. The third-order valence-corrected chi connectivity index (χ3v) is 6.70. The molecule has 1 aliphatic carbocycles. The highest BCUT2D eigenvalue weighted by atomic mass is 35.5. The lowest BCUT2D eigenvalue weighted by molar-refractivity contribution is -0.143. The van der Waals surface area contributed by atoms with Gasteiger partial charge in [0, 0.05) is 28.2 Å². The lowest BCUT2D eigenvalue weighted by Gasteiger charge is -2.26. The quantitative estimate of drug-likeness (QED) is 0.429. The minimum atomic E-state index is -0.723. The van der Waals surface area contributed by atoms with Gasteiger partial charge in [0.1, 0.15) is 12.4 Å². The number of hydrogen-bond acceptors (Lipinski definition) is 3. The monoisotopic (exact) mass is 488 g/mol. The predicted octanol–water partition coefficient (Wildman–Crippen LogP) is 5.65. The van der Waals surface area contributed by atoms with Crippen LogP contribution >= 0.6 is 23.2 Å². The molecule has 0 spiro atoms. The smallest absolute Gasteiger partial charge is 0.306 e. The van der Waals surface area contributed by atoms with Crippen molar-refractivity contribution in [1.82, 2.24) is 9.88 Å². The molecule has 1 amide bonds. The molecule has 0 atom stereocenters. The lowest BCUT2D eigenvalue weighted by atomic mass is 9.82. The molecule has 1 heterocycles. The third-order valence-electron chi connectivity index (χ3n) is 6.23. The van der Waals surface area contributed by atoms with E-state index in [0.717, 1.165) is 29.5 Å². The summed E-state index contributed by atoms with van der Waals surface area (Å²) in [6, 6.07) is 12.7. The number of nitrogens with zero attached hydrogens (tertiary/aromatic N) is 1. The summed E-state index contributed by atoms with van der Waals surface area (Å²) in [6.07, 6.45) is 4.86. The van der Waals surface area contributed by atoms with E-state index >= 15 is 0 Å².